The molecule has 1 N–H and O–H groups in total. The van der Waals surface area contributed by atoms with Crippen LogP contribution in [-0.4, -0.2) is 31.6 Å². The van der Waals surface area contributed by atoms with Crippen molar-refractivity contribution in [2.75, 3.05) is 0 Å². The number of rotatable bonds is 3. The van der Waals surface area contributed by atoms with Crippen LogP contribution in [0, 0.1) is 0 Å². The SMILES string of the molecule is Cn1ncc2c(=O)c(C(=O)N(C3CC3)C3CCc4ccccc43)c[nH]c21. The van der Waals surface area contributed by atoms with Crippen molar-refractivity contribution in [3.8, 4) is 0 Å². The van der Waals surface area contributed by atoms with Crippen LogP contribution < -0.4 is 5.43 Å². The molecule has 5 rings (SSSR count). The second kappa shape index (κ2) is 5.56. The number of carbonyl (C=O) groups is 1. The molecule has 1 amide bonds. The lowest BCUT2D eigenvalue weighted by Gasteiger charge is -2.30. The molecule has 1 atom stereocenters. The summed E-state index contributed by atoms with van der Waals surface area (Å²) in [5, 5.41) is 4.58. The molecule has 0 spiro atoms. The summed E-state index contributed by atoms with van der Waals surface area (Å²) in [4.78, 5) is 31.3. The van der Waals surface area contributed by atoms with Gasteiger partial charge in [-0.05, 0) is 36.8 Å². The number of nitrogens with zero attached hydrogens (tertiary/aromatic N) is 3. The molecule has 6 nitrogen and oxygen atoms in total. The minimum atomic E-state index is -0.242. The molecule has 0 bridgehead atoms. The first-order valence-corrected chi connectivity index (χ1v) is 9.09. The Morgan fingerprint density at radius 3 is 2.88 bits per heavy atom. The van der Waals surface area contributed by atoms with E-state index >= 15 is 0 Å². The Balaban J connectivity index is 1.58. The van der Waals surface area contributed by atoms with Crippen LogP contribution in [-0.2, 0) is 13.5 Å². The van der Waals surface area contributed by atoms with Gasteiger partial charge in [0.05, 0.1) is 17.6 Å². The Bertz CT molecular complexity index is 1080. The Hall–Kier alpha value is -2.89. The molecule has 0 aliphatic heterocycles. The molecule has 1 saturated carbocycles. The van der Waals surface area contributed by atoms with Crippen molar-refractivity contribution in [3.05, 3.63) is 63.6 Å². The maximum Gasteiger partial charge on any atom is 0.260 e. The van der Waals surface area contributed by atoms with Crippen LogP contribution in [0.3, 0.4) is 0 Å². The number of hydrogen-bond donors (Lipinski definition) is 1. The van der Waals surface area contributed by atoms with E-state index in [0.29, 0.717) is 11.0 Å². The summed E-state index contributed by atoms with van der Waals surface area (Å²) in [5.41, 5.74) is 3.14. The van der Waals surface area contributed by atoms with Gasteiger partial charge in [0.2, 0.25) is 5.43 Å². The van der Waals surface area contributed by atoms with Gasteiger partial charge in [0.1, 0.15) is 11.2 Å². The van der Waals surface area contributed by atoms with E-state index in [1.165, 1.54) is 17.3 Å². The van der Waals surface area contributed by atoms with Gasteiger partial charge in [-0.15, -0.1) is 0 Å². The van der Waals surface area contributed by atoms with Gasteiger partial charge in [-0.25, -0.2) is 0 Å². The predicted octanol–water partition coefficient (Wildman–Crippen LogP) is 2.55. The first-order chi connectivity index (χ1) is 12.6. The summed E-state index contributed by atoms with van der Waals surface area (Å²) in [6.07, 6.45) is 7.00. The van der Waals surface area contributed by atoms with E-state index in [9.17, 15) is 9.59 Å². The quantitative estimate of drug-likeness (QED) is 0.791. The van der Waals surface area contributed by atoms with E-state index in [1.807, 2.05) is 17.0 Å². The highest BCUT2D eigenvalue weighted by molar-refractivity contribution is 5.97. The number of fused-ring (bicyclic) bond motifs is 2. The molecule has 2 heterocycles. The third-order valence-electron chi connectivity index (χ3n) is 5.62. The molecule has 1 unspecified atom stereocenters. The van der Waals surface area contributed by atoms with Gasteiger partial charge in [0.25, 0.3) is 5.91 Å². The normalized spacial score (nSPS) is 18.9. The highest BCUT2D eigenvalue weighted by Gasteiger charge is 2.41. The summed E-state index contributed by atoms with van der Waals surface area (Å²) in [7, 11) is 1.77. The Kier molecular flexibility index (Phi) is 3.29. The number of aromatic nitrogens is 3. The second-order valence-corrected chi connectivity index (χ2v) is 7.26. The number of aryl methyl sites for hydroxylation is 2. The molecule has 0 radical (unpaired) electrons. The van der Waals surface area contributed by atoms with Crippen LogP contribution in [0.5, 0.6) is 0 Å². The highest BCUT2D eigenvalue weighted by atomic mass is 16.2. The number of aromatic amines is 1. The van der Waals surface area contributed by atoms with Crippen molar-refractivity contribution < 1.29 is 4.79 Å². The predicted molar refractivity (Wildman–Crippen MR) is 98.0 cm³/mol. The van der Waals surface area contributed by atoms with Crippen LogP contribution in [0.1, 0.15) is 46.8 Å². The fraction of sp³-hybridized carbons (Fsp3) is 0.350. The van der Waals surface area contributed by atoms with Gasteiger partial charge >= 0.3 is 0 Å². The van der Waals surface area contributed by atoms with Crippen molar-refractivity contribution in [1.82, 2.24) is 19.7 Å². The zero-order valence-corrected chi connectivity index (χ0v) is 14.6. The van der Waals surface area contributed by atoms with E-state index < -0.39 is 0 Å². The first kappa shape index (κ1) is 15.4. The van der Waals surface area contributed by atoms with Crippen molar-refractivity contribution in [2.45, 2.75) is 37.8 Å². The fourth-order valence-corrected chi connectivity index (χ4v) is 4.16. The summed E-state index contributed by atoms with van der Waals surface area (Å²) in [6.45, 7) is 0. The van der Waals surface area contributed by atoms with E-state index in [1.54, 1.807) is 17.9 Å². The Morgan fingerprint density at radius 2 is 2.08 bits per heavy atom. The molecule has 132 valence electrons. The number of carbonyl (C=O) groups excluding carboxylic acids is 1. The fourth-order valence-electron chi connectivity index (χ4n) is 4.16. The molecular weight excluding hydrogens is 328 g/mol. The van der Waals surface area contributed by atoms with Gasteiger partial charge in [0.15, 0.2) is 0 Å². The number of hydrogen-bond acceptors (Lipinski definition) is 3. The van der Waals surface area contributed by atoms with Gasteiger partial charge in [-0.1, -0.05) is 24.3 Å². The molecule has 1 fully saturated rings. The minimum absolute atomic E-state index is 0.0650. The third-order valence-corrected chi connectivity index (χ3v) is 5.62. The molecule has 2 aliphatic carbocycles. The van der Waals surface area contributed by atoms with Gasteiger partial charge in [0, 0.05) is 19.3 Å². The van der Waals surface area contributed by atoms with Crippen LogP contribution >= 0.6 is 0 Å². The molecular formula is C20H20N4O2. The van der Waals surface area contributed by atoms with E-state index in [2.05, 4.69) is 22.2 Å². The molecule has 26 heavy (non-hydrogen) atoms. The number of pyridine rings is 1. The molecule has 0 saturated heterocycles. The van der Waals surface area contributed by atoms with Gasteiger partial charge < -0.3 is 9.88 Å². The lowest BCUT2D eigenvalue weighted by atomic mass is 10.1. The molecule has 6 heteroatoms. The molecule has 1 aromatic carbocycles. The Morgan fingerprint density at radius 1 is 1.27 bits per heavy atom. The first-order valence-electron chi connectivity index (χ1n) is 9.09. The lowest BCUT2D eigenvalue weighted by Crippen LogP contribution is -2.38. The van der Waals surface area contributed by atoms with Crippen LogP contribution in [0.4, 0.5) is 0 Å². The number of nitrogens with one attached hydrogen (secondary N) is 1. The van der Waals surface area contributed by atoms with Gasteiger partial charge in [-0.3, -0.25) is 14.3 Å². The van der Waals surface area contributed by atoms with Crippen molar-refractivity contribution in [3.63, 3.8) is 0 Å². The summed E-state index contributed by atoms with van der Waals surface area (Å²) in [5.74, 6) is -0.166. The Labute approximate surface area is 150 Å². The smallest absolute Gasteiger partial charge is 0.260 e. The van der Waals surface area contributed by atoms with Crippen molar-refractivity contribution in [2.24, 2.45) is 7.05 Å². The largest absolute Gasteiger partial charge is 0.345 e. The standard InChI is InChI=1S/C20H20N4O2/c1-23-19-15(11-22-23)18(25)16(10-21-19)20(26)24(13-7-8-13)17-9-6-12-4-2-3-5-14(12)17/h2-5,10-11,13,17H,6-9H2,1H3,(H,21,25). The lowest BCUT2D eigenvalue weighted by molar-refractivity contribution is 0.0656. The maximum atomic E-state index is 13.4. The molecule has 3 aromatic rings. The van der Waals surface area contributed by atoms with Crippen molar-refractivity contribution >= 4 is 16.9 Å². The van der Waals surface area contributed by atoms with Crippen LogP contribution in [0.25, 0.3) is 11.0 Å². The third kappa shape index (κ3) is 2.21. The van der Waals surface area contributed by atoms with Crippen LogP contribution in [0.15, 0.2) is 41.5 Å². The van der Waals surface area contributed by atoms with Crippen LogP contribution in [0.2, 0.25) is 0 Å². The topological polar surface area (TPSA) is 71.0 Å². The summed E-state index contributed by atoms with van der Waals surface area (Å²) >= 11 is 0. The van der Waals surface area contributed by atoms with E-state index in [-0.39, 0.29) is 29.0 Å². The minimum Gasteiger partial charge on any atom is -0.345 e. The average molecular weight is 348 g/mol. The summed E-state index contributed by atoms with van der Waals surface area (Å²) < 4.78 is 1.61. The van der Waals surface area contributed by atoms with E-state index in [4.69, 9.17) is 0 Å². The molecule has 2 aromatic heterocycles. The zero-order valence-electron chi connectivity index (χ0n) is 14.6. The number of benzene rings is 1. The van der Waals surface area contributed by atoms with Gasteiger partial charge in [-0.2, -0.15) is 5.10 Å². The molecule has 2 aliphatic rings. The maximum absolute atomic E-state index is 13.4. The highest BCUT2D eigenvalue weighted by Crippen LogP contribution is 2.42. The van der Waals surface area contributed by atoms with Crippen molar-refractivity contribution in [1.29, 1.82) is 0 Å². The summed E-state index contributed by atoms with van der Waals surface area (Å²) in [6, 6.07) is 8.63. The monoisotopic (exact) mass is 348 g/mol. The van der Waals surface area contributed by atoms with E-state index in [0.717, 1.165) is 25.7 Å². The average Bonchev–Trinajstić information content (AvgIpc) is 3.28. The second-order valence-electron chi connectivity index (χ2n) is 7.26. The number of amides is 1. The zero-order chi connectivity index (χ0) is 17.8. The number of H-pyrrole nitrogens is 1.